The number of hydrogen-bond acceptors (Lipinski definition) is 4. The summed E-state index contributed by atoms with van der Waals surface area (Å²) in [6.45, 7) is 13.6. The summed E-state index contributed by atoms with van der Waals surface area (Å²) in [6.07, 6.45) is 3.48. The lowest BCUT2D eigenvalue weighted by atomic mass is 10.0. The molecule has 114 valence electrons. The number of anilines is 1. The van der Waals surface area contributed by atoms with E-state index in [4.69, 9.17) is 4.98 Å². The molecular formula is C16H29N3S. The zero-order valence-corrected chi connectivity index (χ0v) is 14.2. The van der Waals surface area contributed by atoms with E-state index in [9.17, 15) is 0 Å². The van der Waals surface area contributed by atoms with Gasteiger partial charge in [-0.2, -0.15) is 0 Å². The van der Waals surface area contributed by atoms with E-state index in [0.29, 0.717) is 0 Å². The maximum atomic E-state index is 4.93. The highest BCUT2D eigenvalue weighted by Gasteiger charge is 2.28. The highest BCUT2D eigenvalue weighted by atomic mass is 32.1. The second kappa shape index (κ2) is 7.41. The van der Waals surface area contributed by atoms with E-state index >= 15 is 0 Å². The van der Waals surface area contributed by atoms with Crippen LogP contribution < -0.4 is 10.2 Å². The summed E-state index contributed by atoms with van der Waals surface area (Å²) in [4.78, 5) is 8.87. The first-order chi connectivity index (χ1) is 9.65. The first-order valence-electron chi connectivity index (χ1n) is 8.09. The molecule has 0 aliphatic carbocycles. The van der Waals surface area contributed by atoms with Crippen molar-refractivity contribution in [3.8, 4) is 0 Å². The Labute approximate surface area is 127 Å². The third kappa shape index (κ3) is 3.73. The summed E-state index contributed by atoms with van der Waals surface area (Å²) in [5, 5.41) is 4.77. The zero-order valence-electron chi connectivity index (χ0n) is 13.4. The average Bonchev–Trinajstić information content (AvgIpc) is 2.96. The Hall–Kier alpha value is -0.610. The summed E-state index contributed by atoms with van der Waals surface area (Å²) >= 11 is 1.90. The predicted molar refractivity (Wildman–Crippen MR) is 88.6 cm³/mol. The van der Waals surface area contributed by atoms with E-state index in [0.717, 1.165) is 31.3 Å². The fourth-order valence-corrected chi connectivity index (χ4v) is 3.83. The summed E-state index contributed by atoms with van der Waals surface area (Å²) in [7, 11) is 0. The molecule has 1 saturated heterocycles. The molecule has 3 nitrogen and oxygen atoms in total. The lowest BCUT2D eigenvalue weighted by molar-refractivity contribution is 0.494. The number of aryl methyl sites for hydroxylation is 1. The molecule has 0 saturated carbocycles. The van der Waals surface area contributed by atoms with Crippen LogP contribution in [0.4, 0.5) is 5.13 Å². The van der Waals surface area contributed by atoms with E-state index in [1.54, 1.807) is 0 Å². The van der Waals surface area contributed by atoms with E-state index in [2.05, 4.69) is 37.9 Å². The summed E-state index contributed by atoms with van der Waals surface area (Å²) in [5.74, 6) is 1.57. The van der Waals surface area contributed by atoms with Gasteiger partial charge in [0.15, 0.2) is 5.13 Å². The molecule has 2 rings (SSSR count). The Morgan fingerprint density at radius 1 is 1.20 bits per heavy atom. The summed E-state index contributed by atoms with van der Waals surface area (Å²) in [5.41, 5.74) is 1.32. The van der Waals surface area contributed by atoms with Crippen molar-refractivity contribution in [3.05, 3.63) is 10.6 Å². The molecule has 2 unspecified atom stereocenters. The van der Waals surface area contributed by atoms with Crippen molar-refractivity contribution in [2.75, 3.05) is 24.5 Å². The third-order valence-corrected chi connectivity index (χ3v) is 5.38. The third-order valence-electron chi connectivity index (χ3n) is 4.22. The van der Waals surface area contributed by atoms with Gasteiger partial charge < -0.3 is 10.2 Å². The first kappa shape index (κ1) is 15.8. The number of rotatable bonds is 7. The number of nitrogens with one attached hydrogen (secondary N) is 1. The minimum Gasteiger partial charge on any atom is -0.348 e. The minimum absolute atomic E-state index is 0.787. The fourth-order valence-electron chi connectivity index (χ4n) is 2.74. The van der Waals surface area contributed by atoms with Gasteiger partial charge in [0.2, 0.25) is 0 Å². The maximum Gasteiger partial charge on any atom is 0.185 e. The number of aromatic nitrogens is 1. The number of hydrogen-bond donors (Lipinski definition) is 1. The Bertz CT molecular complexity index is 406. The van der Waals surface area contributed by atoms with Gasteiger partial charge in [0, 0.05) is 24.5 Å². The molecule has 1 aliphatic heterocycles. The minimum atomic E-state index is 0.787. The highest BCUT2D eigenvalue weighted by Crippen LogP contribution is 2.33. The van der Waals surface area contributed by atoms with Crippen LogP contribution in [0.3, 0.4) is 0 Å². The van der Waals surface area contributed by atoms with E-state index in [1.165, 1.54) is 41.6 Å². The normalized spacial score (nSPS) is 22.7. The fraction of sp³-hybridized carbons (Fsp3) is 0.812. The molecule has 0 aromatic carbocycles. The molecule has 1 fully saturated rings. The molecule has 0 radical (unpaired) electrons. The molecular weight excluding hydrogens is 266 g/mol. The topological polar surface area (TPSA) is 28.2 Å². The Kier molecular flexibility index (Phi) is 5.85. The highest BCUT2D eigenvalue weighted by molar-refractivity contribution is 7.15. The molecule has 0 bridgehead atoms. The Morgan fingerprint density at radius 2 is 1.90 bits per heavy atom. The van der Waals surface area contributed by atoms with Crippen molar-refractivity contribution in [2.24, 2.45) is 11.8 Å². The summed E-state index contributed by atoms with van der Waals surface area (Å²) in [6, 6.07) is 0. The quantitative estimate of drug-likeness (QED) is 0.778. The molecule has 1 N–H and O–H groups in total. The first-order valence-corrected chi connectivity index (χ1v) is 8.91. The van der Waals surface area contributed by atoms with Crippen molar-refractivity contribution in [1.29, 1.82) is 0 Å². The van der Waals surface area contributed by atoms with Crippen molar-refractivity contribution < 1.29 is 0 Å². The molecule has 2 heterocycles. The number of thiazole rings is 1. The zero-order chi connectivity index (χ0) is 14.5. The van der Waals surface area contributed by atoms with E-state index < -0.39 is 0 Å². The van der Waals surface area contributed by atoms with Crippen LogP contribution in [0.1, 0.15) is 51.1 Å². The van der Waals surface area contributed by atoms with Crippen molar-refractivity contribution >= 4 is 16.5 Å². The standard InChI is InChI=1S/C16H29N3S/c1-5-7-14-15(9-17-8-6-2)20-16(18-14)19-10-12(3)13(4)11-19/h12-13,17H,5-11H2,1-4H3. The van der Waals surface area contributed by atoms with Gasteiger partial charge in [-0.05, 0) is 31.2 Å². The van der Waals surface area contributed by atoms with Crippen LogP contribution in [0.25, 0.3) is 0 Å². The Balaban J connectivity index is 2.08. The predicted octanol–water partition coefficient (Wildman–Crippen LogP) is 3.69. The van der Waals surface area contributed by atoms with Crippen LogP contribution in [0.15, 0.2) is 0 Å². The molecule has 1 aromatic heterocycles. The number of nitrogens with zero attached hydrogens (tertiary/aromatic N) is 2. The average molecular weight is 295 g/mol. The van der Waals surface area contributed by atoms with Gasteiger partial charge in [0.25, 0.3) is 0 Å². The van der Waals surface area contributed by atoms with E-state index in [1.807, 2.05) is 11.3 Å². The lowest BCUT2D eigenvalue weighted by Crippen LogP contribution is -2.19. The molecule has 2 atom stereocenters. The maximum absolute atomic E-state index is 4.93. The van der Waals surface area contributed by atoms with Gasteiger partial charge in [0.1, 0.15) is 0 Å². The van der Waals surface area contributed by atoms with Gasteiger partial charge in [0.05, 0.1) is 5.69 Å². The second-order valence-corrected chi connectivity index (χ2v) is 7.21. The lowest BCUT2D eigenvalue weighted by Gasteiger charge is -2.13. The second-order valence-electron chi connectivity index (χ2n) is 6.15. The van der Waals surface area contributed by atoms with Crippen LogP contribution in [-0.4, -0.2) is 24.6 Å². The van der Waals surface area contributed by atoms with Crippen molar-refractivity contribution in [1.82, 2.24) is 10.3 Å². The van der Waals surface area contributed by atoms with E-state index in [-0.39, 0.29) is 0 Å². The van der Waals surface area contributed by atoms with Crippen LogP contribution in [0.5, 0.6) is 0 Å². The summed E-state index contributed by atoms with van der Waals surface area (Å²) < 4.78 is 0. The Morgan fingerprint density at radius 3 is 2.50 bits per heavy atom. The molecule has 1 aliphatic rings. The van der Waals surface area contributed by atoms with Crippen molar-refractivity contribution in [2.45, 2.75) is 53.5 Å². The largest absolute Gasteiger partial charge is 0.348 e. The van der Waals surface area contributed by atoms with Crippen LogP contribution in [-0.2, 0) is 13.0 Å². The SMILES string of the molecule is CCCNCc1sc(N2CC(C)C(C)C2)nc1CCC. The monoisotopic (exact) mass is 295 g/mol. The molecule has 4 heteroatoms. The van der Waals surface area contributed by atoms with Crippen LogP contribution >= 0.6 is 11.3 Å². The molecule has 0 spiro atoms. The van der Waals surface area contributed by atoms with Gasteiger partial charge >= 0.3 is 0 Å². The van der Waals surface area contributed by atoms with Crippen molar-refractivity contribution in [3.63, 3.8) is 0 Å². The molecule has 20 heavy (non-hydrogen) atoms. The van der Waals surface area contributed by atoms with Crippen LogP contribution in [0, 0.1) is 11.8 Å². The smallest absolute Gasteiger partial charge is 0.185 e. The van der Waals surface area contributed by atoms with Gasteiger partial charge in [-0.15, -0.1) is 11.3 Å². The van der Waals surface area contributed by atoms with Crippen LogP contribution in [0.2, 0.25) is 0 Å². The van der Waals surface area contributed by atoms with Gasteiger partial charge in [-0.3, -0.25) is 0 Å². The van der Waals surface area contributed by atoms with Gasteiger partial charge in [-0.1, -0.05) is 34.1 Å². The molecule has 1 aromatic rings. The molecule has 0 amide bonds. The van der Waals surface area contributed by atoms with Gasteiger partial charge in [-0.25, -0.2) is 4.98 Å².